The van der Waals surface area contributed by atoms with E-state index in [1.54, 1.807) is 18.2 Å². The number of carbonyl (C=O) groups excluding carboxylic acids is 2. The molecule has 0 spiro atoms. The molecule has 0 amide bonds. The van der Waals surface area contributed by atoms with E-state index < -0.39 is 41.3 Å². The first kappa shape index (κ1) is 20.5. The van der Waals surface area contributed by atoms with Crippen molar-refractivity contribution in [2.45, 2.75) is 18.5 Å². The quantitative estimate of drug-likeness (QED) is 0.688. The fraction of sp³-hybridized carbons (Fsp3) is 0.500. The number of carboxylic acids is 1. The fourth-order valence-electron chi connectivity index (χ4n) is 3.52. The molecule has 0 aliphatic carbocycles. The molecule has 2 N–H and O–H groups in total. The lowest BCUT2D eigenvalue weighted by Crippen LogP contribution is -2.53. The van der Waals surface area contributed by atoms with E-state index in [4.69, 9.17) is 18.9 Å². The Hall–Kier alpha value is -2.81. The van der Waals surface area contributed by atoms with Crippen LogP contribution in [0.5, 0.6) is 11.5 Å². The first-order valence-electron chi connectivity index (χ1n) is 8.13. The summed E-state index contributed by atoms with van der Waals surface area (Å²) < 4.78 is 20.2. The summed E-state index contributed by atoms with van der Waals surface area (Å²) in [5, 5.41) is 12.7. The number of esters is 2. The van der Waals surface area contributed by atoms with Crippen LogP contribution >= 0.6 is 0 Å². The van der Waals surface area contributed by atoms with E-state index in [0.717, 1.165) is 7.11 Å². The number of carboxylic acid groups (broad SMARTS) is 1. The zero-order valence-corrected chi connectivity index (χ0v) is 15.8. The molecule has 1 aliphatic heterocycles. The van der Waals surface area contributed by atoms with Gasteiger partial charge in [-0.25, -0.2) is 0 Å². The summed E-state index contributed by atoms with van der Waals surface area (Å²) in [6.07, 6.45) is 0. The van der Waals surface area contributed by atoms with Crippen LogP contribution in [0, 0.1) is 11.8 Å². The van der Waals surface area contributed by atoms with Crippen LogP contribution < -0.4 is 14.8 Å². The van der Waals surface area contributed by atoms with Crippen LogP contribution in [0.2, 0.25) is 0 Å². The van der Waals surface area contributed by atoms with Crippen LogP contribution in [0.3, 0.4) is 0 Å². The highest BCUT2D eigenvalue weighted by atomic mass is 16.5. The molecule has 1 aliphatic rings. The van der Waals surface area contributed by atoms with Gasteiger partial charge < -0.3 is 24.1 Å². The highest BCUT2D eigenvalue weighted by Crippen LogP contribution is 2.47. The summed E-state index contributed by atoms with van der Waals surface area (Å²) in [6.45, 7) is 1.33. The molecule has 2 rings (SSSR count). The van der Waals surface area contributed by atoms with Crippen molar-refractivity contribution >= 4 is 17.9 Å². The first-order chi connectivity index (χ1) is 12.7. The van der Waals surface area contributed by atoms with Gasteiger partial charge in [-0.2, -0.15) is 0 Å². The molecule has 148 valence electrons. The minimum Gasteiger partial charge on any atom is -0.497 e. The third kappa shape index (κ3) is 3.42. The molecule has 9 heteroatoms. The Morgan fingerprint density at radius 3 is 2.15 bits per heavy atom. The number of aliphatic carboxylic acids is 1. The number of ether oxygens (including phenoxy) is 4. The smallest absolute Gasteiger partial charge is 0.324 e. The van der Waals surface area contributed by atoms with Gasteiger partial charge in [0, 0.05) is 5.56 Å². The van der Waals surface area contributed by atoms with Gasteiger partial charge >= 0.3 is 17.9 Å². The third-order valence-electron chi connectivity index (χ3n) is 4.94. The summed E-state index contributed by atoms with van der Waals surface area (Å²) in [4.78, 5) is 37.0. The molecule has 0 aromatic heterocycles. The van der Waals surface area contributed by atoms with Gasteiger partial charge in [-0.1, -0.05) is 0 Å². The van der Waals surface area contributed by atoms with Crippen LogP contribution in [-0.2, 0) is 23.9 Å². The molecule has 1 unspecified atom stereocenters. The zero-order valence-electron chi connectivity index (χ0n) is 15.8. The maximum Gasteiger partial charge on any atom is 0.324 e. The normalized spacial score (nSPS) is 26.9. The summed E-state index contributed by atoms with van der Waals surface area (Å²) in [5.41, 5.74) is -1.30. The third-order valence-corrected chi connectivity index (χ3v) is 4.94. The lowest BCUT2D eigenvalue weighted by Gasteiger charge is -2.26. The van der Waals surface area contributed by atoms with Crippen molar-refractivity contribution in [3.8, 4) is 11.5 Å². The average molecular weight is 381 g/mol. The van der Waals surface area contributed by atoms with E-state index >= 15 is 0 Å². The molecular formula is C18H23NO8. The molecule has 0 bridgehead atoms. The number of nitrogens with one attached hydrogen (secondary N) is 1. The lowest BCUT2D eigenvalue weighted by molar-refractivity contribution is -0.162. The molecule has 0 saturated carbocycles. The van der Waals surface area contributed by atoms with Crippen molar-refractivity contribution < 1.29 is 38.4 Å². The molecule has 1 saturated heterocycles. The van der Waals surface area contributed by atoms with Crippen LogP contribution in [0.25, 0.3) is 0 Å². The zero-order chi connectivity index (χ0) is 20.4. The Morgan fingerprint density at radius 1 is 1.04 bits per heavy atom. The number of hydrogen-bond donors (Lipinski definition) is 2. The van der Waals surface area contributed by atoms with Crippen LogP contribution in [0.1, 0.15) is 18.5 Å². The Morgan fingerprint density at radius 2 is 1.67 bits per heavy atom. The van der Waals surface area contributed by atoms with Crippen molar-refractivity contribution in [3.63, 3.8) is 0 Å². The average Bonchev–Trinajstić information content (AvgIpc) is 3.00. The highest BCUT2D eigenvalue weighted by molar-refractivity contribution is 5.93. The molecule has 1 heterocycles. The Labute approximate surface area is 156 Å². The summed E-state index contributed by atoms with van der Waals surface area (Å²) in [7, 11) is 5.23. The summed E-state index contributed by atoms with van der Waals surface area (Å²) in [5.74, 6) is -4.44. The Balaban J connectivity index is 2.69. The van der Waals surface area contributed by atoms with Crippen LogP contribution in [0.15, 0.2) is 18.2 Å². The maximum atomic E-state index is 12.6. The van der Waals surface area contributed by atoms with Gasteiger partial charge in [0.25, 0.3) is 0 Å². The van der Waals surface area contributed by atoms with Gasteiger partial charge in [-0.05, 0) is 25.1 Å². The minimum atomic E-state index is -1.76. The van der Waals surface area contributed by atoms with E-state index in [2.05, 4.69) is 5.32 Å². The minimum absolute atomic E-state index is 0.403. The number of hydrogen-bond acceptors (Lipinski definition) is 8. The fourth-order valence-corrected chi connectivity index (χ4v) is 3.52. The van der Waals surface area contributed by atoms with Gasteiger partial charge in [-0.15, -0.1) is 0 Å². The monoisotopic (exact) mass is 381 g/mol. The van der Waals surface area contributed by atoms with Crippen molar-refractivity contribution in [1.82, 2.24) is 5.32 Å². The molecular weight excluding hydrogens is 358 g/mol. The predicted octanol–water partition coefficient (Wildman–Crippen LogP) is 0.770. The van der Waals surface area contributed by atoms with E-state index in [1.807, 2.05) is 0 Å². The highest BCUT2D eigenvalue weighted by Gasteiger charge is 2.62. The summed E-state index contributed by atoms with van der Waals surface area (Å²) in [6, 6.07) is 4.04. The second kappa shape index (κ2) is 7.83. The van der Waals surface area contributed by atoms with Gasteiger partial charge in [-0.3, -0.25) is 19.7 Å². The number of methoxy groups -OCH3 is 4. The molecule has 27 heavy (non-hydrogen) atoms. The van der Waals surface area contributed by atoms with E-state index in [0.29, 0.717) is 17.1 Å². The van der Waals surface area contributed by atoms with Crippen molar-refractivity contribution in [2.24, 2.45) is 11.8 Å². The molecule has 1 aromatic carbocycles. The van der Waals surface area contributed by atoms with Gasteiger partial charge in [0.1, 0.15) is 23.0 Å². The number of carbonyl (C=O) groups is 3. The predicted molar refractivity (Wildman–Crippen MR) is 92.5 cm³/mol. The SMILES string of the molecule is COC(=O)[C@@H]1[C@@H](c2cc(OC)ccc2OC)NC(C)(C(=O)O)[C@H]1C(=O)OC. The molecule has 1 fully saturated rings. The van der Waals surface area contributed by atoms with Gasteiger partial charge in [0.2, 0.25) is 0 Å². The molecule has 0 radical (unpaired) electrons. The second-order valence-corrected chi connectivity index (χ2v) is 6.29. The lowest BCUT2D eigenvalue weighted by atomic mass is 9.78. The maximum absolute atomic E-state index is 12.6. The van der Waals surface area contributed by atoms with E-state index in [-0.39, 0.29) is 0 Å². The van der Waals surface area contributed by atoms with Gasteiger partial charge in [0.15, 0.2) is 0 Å². The second-order valence-electron chi connectivity index (χ2n) is 6.29. The largest absolute Gasteiger partial charge is 0.497 e. The summed E-state index contributed by atoms with van der Waals surface area (Å²) >= 11 is 0. The topological polar surface area (TPSA) is 120 Å². The van der Waals surface area contributed by atoms with Crippen molar-refractivity contribution in [2.75, 3.05) is 28.4 Å². The van der Waals surface area contributed by atoms with Crippen molar-refractivity contribution in [3.05, 3.63) is 23.8 Å². The van der Waals surface area contributed by atoms with Gasteiger partial charge in [0.05, 0.1) is 40.4 Å². The first-order valence-corrected chi connectivity index (χ1v) is 8.13. The van der Waals surface area contributed by atoms with Crippen LogP contribution in [-0.4, -0.2) is 57.0 Å². The Bertz CT molecular complexity index is 749. The Kier molecular flexibility index (Phi) is 5.94. The molecule has 4 atom stereocenters. The standard InChI is InChI=1S/C18H23NO8/c1-18(17(22)23)13(16(21)27-5)12(15(20)26-4)14(19-18)10-8-9(24-2)6-7-11(10)25-3/h6-8,12-14,19H,1-5H3,(H,22,23)/t12-,13+,14+,18?/m0/s1. The molecule has 9 nitrogen and oxygen atoms in total. The van der Waals surface area contributed by atoms with E-state index in [9.17, 15) is 19.5 Å². The number of rotatable bonds is 6. The molecule has 1 aromatic rings. The van der Waals surface area contributed by atoms with Crippen molar-refractivity contribution in [1.29, 1.82) is 0 Å². The number of benzene rings is 1. The van der Waals surface area contributed by atoms with E-state index in [1.165, 1.54) is 28.3 Å². The van der Waals surface area contributed by atoms with Crippen LogP contribution in [0.4, 0.5) is 0 Å².